The van der Waals surface area contributed by atoms with Crippen LogP contribution in [0.2, 0.25) is 0 Å². The van der Waals surface area contributed by atoms with E-state index in [1.807, 2.05) is 0 Å². The Balaban J connectivity index is 3.05. The molecule has 0 rings (SSSR count). The molecule has 3 nitrogen and oxygen atoms in total. The molecule has 0 aliphatic carbocycles. The first-order valence-corrected chi connectivity index (χ1v) is 5.27. The second-order valence-electron chi connectivity index (χ2n) is 3.41. The van der Waals surface area contributed by atoms with E-state index in [-0.39, 0.29) is 0 Å². The van der Waals surface area contributed by atoms with E-state index in [1.54, 1.807) is 0 Å². The molecular weight excluding hydrogens is 164 g/mol. The molecule has 0 aromatic heterocycles. The number of likely N-dealkylation sites (N-methyl/N-ethyl adjacent to an activating group) is 1. The van der Waals surface area contributed by atoms with Crippen molar-refractivity contribution >= 4 is 0 Å². The standard InChI is InChI=1S/C10H24N2O/c1-3-4-5-7-12(2)8-10-13-9-6-11/h3-11H2,1-2H3. The smallest absolute Gasteiger partial charge is 0.0593 e. The van der Waals surface area contributed by atoms with Gasteiger partial charge in [-0.25, -0.2) is 0 Å². The number of rotatable bonds is 9. The molecule has 0 aliphatic rings. The van der Waals surface area contributed by atoms with Gasteiger partial charge in [-0.05, 0) is 20.0 Å². The minimum atomic E-state index is 0.625. The van der Waals surface area contributed by atoms with E-state index in [1.165, 1.54) is 25.8 Å². The molecule has 0 radical (unpaired) electrons. The highest BCUT2D eigenvalue weighted by atomic mass is 16.5. The average Bonchev–Trinajstić information content (AvgIpc) is 2.13. The molecule has 0 saturated heterocycles. The highest BCUT2D eigenvalue weighted by Crippen LogP contribution is 1.95. The zero-order valence-corrected chi connectivity index (χ0v) is 9.09. The van der Waals surface area contributed by atoms with Crippen LogP contribution in [0.15, 0.2) is 0 Å². The third-order valence-electron chi connectivity index (χ3n) is 2.02. The van der Waals surface area contributed by atoms with Gasteiger partial charge in [-0.2, -0.15) is 0 Å². The van der Waals surface area contributed by atoms with Crippen molar-refractivity contribution in [3.63, 3.8) is 0 Å². The summed E-state index contributed by atoms with van der Waals surface area (Å²) in [5.41, 5.74) is 5.31. The Morgan fingerprint density at radius 2 is 1.92 bits per heavy atom. The van der Waals surface area contributed by atoms with Gasteiger partial charge in [0.15, 0.2) is 0 Å². The molecule has 0 heterocycles. The molecule has 0 aliphatic heterocycles. The first-order chi connectivity index (χ1) is 6.31. The number of hydrogen-bond donors (Lipinski definition) is 1. The third kappa shape index (κ3) is 9.80. The van der Waals surface area contributed by atoms with Crippen LogP contribution in [0.4, 0.5) is 0 Å². The first-order valence-electron chi connectivity index (χ1n) is 5.27. The van der Waals surface area contributed by atoms with Crippen LogP contribution in [0, 0.1) is 0 Å². The summed E-state index contributed by atoms with van der Waals surface area (Å²) in [5, 5.41) is 0. The number of nitrogens with zero attached hydrogens (tertiary/aromatic N) is 1. The predicted octanol–water partition coefficient (Wildman–Crippen LogP) is 1.08. The van der Waals surface area contributed by atoms with E-state index in [2.05, 4.69) is 18.9 Å². The monoisotopic (exact) mass is 188 g/mol. The third-order valence-corrected chi connectivity index (χ3v) is 2.02. The zero-order chi connectivity index (χ0) is 9.94. The number of hydrogen-bond acceptors (Lipinski definition) is 3. The van der Waals surface area contributed by atoms with Crippen molar-refractivity contribution in [3.8, 4) is 0 Å². The minimum absolute atomic E-state index is 0.625. The quantitative estimate of drug-likeness (QED) is 0.550. The van der Waals surface area contributed by atoms with E-state index in [9.17, 15) is 0 Å². The van der Waals surface area contributed by atoms with Crippen molar-refractivity contribution in [2.75, 3.05) is 39.9 Å². The van der Waals surface area contributed by atoms with Gasteiger partial charge in [-0.15, -0.1) is 0 Å². The molecule has 0 unspecified atom stereocenters. The van der Waals surface area contributed by atoms with Crippen molar-refractivity contribution in [3.05, 3.63) is 0 Å². The lowest BCUT2D eigenvalue weighted by molar-refractivity contribution is 0.117. The molecule has 13 heavy (non-hydrogen) atoms. The van der Waals surface area contributed by atoms with E-state index >= 15 is 0 Å². The first kappa shape index (κ1) is 12.9. The fourth-order valence-corrected chi connectivity index (χ4v) is 1.15. The number of nitrogens with two attached hydrogens (primary N) is 1. The maximum atomic E-state index is 5.31. The lowest BCUT2D eigenvalue weighted by Gasteiger charge is -2.15. The fraction of sp³-hybridized carbons (Fsp3) is 1.00. The van der Waals surface area contributed by atoms with Crippen LogP contribution in [0.5, 0.6) is 0 Å². The van der Waals surface area contributed by atoms with Crippen LogP contribution < -0.4 is 5.73 Å². The Morgan fingerprint density at radius 1 is 1.15 bits per heavy atom. The number of ether oxygens (including phenoxy) is 1. The maximum Gasteiger partial charge on any atom is 0.0593 e. The summed E-state index contributed by atoms with van der Waals surface area (Å²) in [6.45, 7) is 6.54. The van der Waals surface area contributed by atoms with Crippen LogP contribution in [-0.2, 0) is 4.74 Å². The summed E-state index contributed by atoms with van der Waals surface area (Å²) in [4.78, 5) is 2.31. The molecule has 0 aromatic carbocycles. The molecule has 0 aromatic rings. The lowest BCUT2D eigenvalue weighted by Crippen LogP contribution is -2.25. The van der Waals surface area contributed by atoms with Crippen LogP contribution >= 0.6 is 0 Å². The summed E-state index contributed by atoms with van der Waals surface area (Å²) in [6, 6.07) is 0. The second kappa shape index (κ2) is 9.96. The Morgan fingerprint density at radius 3 is 2.54 bits per heavy atom. The van der Waals surface area contributed by atoms with Crippen molar-refractivity contribution in [2.45, 2.75) is 26.2 Å². The molecule has 0 bridgehead atoms. The van der Waals surface area contributed by atoms with Crippen molar-refractivity contribution in [1.29, 1.82) is 0 Å². The Hall–Kier alpha value is -0.120. The zero-order valence-electron chi connectivity index (χ0n) is 9.09. The van der Waals surface area contributed by atoms with Gasteiger partial charge in [-0.3, -0.25) is 0 Å². The molecule has 0 fully saturated rings. The van der Waals surface area contributed by atoms with Gasteiger partial charge in [0.05, 0.1) is 13.2 Å². The van der Waals surface area contributed by atoms with Crippen molar-refractivity contribution < 1.29 is 4.74 Å². The molecular formula is C10H24N2O. The fourth-order valence-electron chi connectivity index (χ4n) is 1.15. The predicted molar refractivity (Wildman–Crippen MR) is 56.9 cm³/mol. The summed E-state index contributed by atoms with van der Waals surface area (Å²) < 4.78 is 5.29. The summed E-state index contributed by atoms with van der Waals surface area (Å²) >= 11 is 0. The van der Waals surface area contributed by atoms with Gasteiger partial charge >= 0.3 is 0 Å². The minimum Gasteiger partial charge on any atom is -0.379 e. The number of unbranched alkanes of at least 4 members (excludes halogenated alkanes) is 2. The van der Waals surface area contributed by atoms with Gasteiger partial charge in [-0.1, -0.05) is 19.8 Å². The van der Waals surface area contributed by atoms with Gasteiger partial charge in [0.2, 0.25) is 0 Å². The van der Waals surface area contributed by atoms with E-state index in [4.69, 9.17) is 10.5 Å². The normalized spacial score (nSPS) is 11.1. The van der Waals surface area contributed by atoms with Crippen LogP contribution in [0.25, 0.3) is 0 Å². The summed E-state index contributed by atoms with van der Waals surface area (Å²) in [5.74, 6) is 0. The van der Waals surface area contributed by atoms with Gasteiger partial charge in [0, 0.05) is 13.1 Å². The van der Waals surface area contributed by atoms with Crippen molar-refractivity contribution in [2.24, 2.45) is 5.73 Å². The molecule has 3 heteroatoms. The SMILES string of the molecule is CCCCCN(C)CCOCCN. The molecule has 0 spiro atoms. The average molecular weight is 188 g/mol. The molecule has 0 atom stereocenters. The van der Waals surface area contributed by atoms with Crippen LogP contribution in [0.3, 0.4) is 0 Å². The molecule has 0 saturated carbocycles. The van der Waals surface area contributed by atoms with Gasteiger partial charge in [0.1, 0.15) is 0 Å². The van der Waals surface area contributed by atoms with Crippen LogP contribution in [-0.4, -0.2) is 44.8 Å². The molecule has 0 amide bonds. The van der Waals surface area contributed by atoms with Gasteiger partial charge in [0.25, 0.3) is 0 Å². The topological polar surface area (TPSA) is 38.5 Å². The maximum absolute atomic E-state index is 5.31. The van der Waals surface area contributed by atoms with E-state index < -0.39 is 0 Å². The highest BCUT2D eigenvalue weighted by molar-refractivity contribution is 4.50. The lowest BCUT2D eigenvalue weighted by atomic mass is 10.2. The summed E-state index contributed by atoms with van der Waals surface area (Å²) in [6.07, 6.45) is 3.91. The molecule has 2 N–H and O–H groups in total. The highest BCUT2D eigenvalue weighted by Gasteiger charge is 1.96. The van der Waals surface area contributed by atoms with Gasteiger partial charge < -0.3 is 15.4 Å². The Labute approximate surface area is 82.2 Å². The molecule has 80 valence electrons. The largest absolute Gasteiger partial charge is 0.379 e. The van der Waals surface area contributed by atoms with E-state index in [0.717, 1.165) is 13.2 Å². The summed E-state index contributed by atoms with van der Waals surface area (Å²) in [7, 11) is 2.14. The van der Waals surface area contributed by atoms with E-state index in [0.29, 0.717) is 13.2 Å². The van der Waals surface area contributed by atoms with Crippen molar-refractivity contribution in [1.82, 2.24) is 4.90 Å². The second-order valence-corrected chi connectivity index (χ2v) is 3.41. The Bertz CT molecular complexity index is 98.9. The Kier molecular flexibility index (Phi) is 9.87. The van der Waals surface area contributed by atoms with Crippen LogP contribution in [0.1, 0.15) is 26.2 Å².